The van der Waals surface area contributed by atoms with Crippen molar-refractivity contribution in [3.05, 3.63) is 82.6 Å². The van der Waals surface area contributed by atoms with Gasteiger partial charge in [0.1, 0.15) is 17.3 Å². The van der Waals surface area contributed by atoms with Crippen LogP contribution in [0.4, 0.5) is 10.1 Å². The average Bonchev–Trinajstić information content (AvgIpc) is 3.51. The smallest absolute Gasteiger partial charge is 0.228 e. The molecule has 1 aromatic heterocycles. The second kappa shape index (κ2) is 9.22. The molecule has 1 aliphatic rings. The number of aromatic nitrogens is 2. The SMILES string of the molecule is COCc1nc(C)ncc1OCC1(c2cccc(Cl)c2)CC1C(=O)Nc1ccc(F)cc1. The van der Waals surface area contributed by atoms with E-state index in [2.05, 4.69) is 15.3 Å². The highest BCUT2D eigenvalue weighted by Crippen LogP contribution is 2.55. The summed E-state index contributed by atoms with van der Waals surface area (Å²) in [5.41, 5.74) is 1.56. The number of anilines is 1. The number of hydrogen-bond acceptors (Lipinski definition) is 5. The van der Waals surface area contributed by atoms with Gasteiger partial charge >= 0.3 is 0 Å². The van der Waals surface area contributed by atoms with E-state index in [1.54, 1.807) is 26.3 Å². The van der Waals surface area contributed by atoms with Gasteiger partial charge in [0.05, 0.1) is 25.3 Å². The molecule has 1 saturated carbocycles. The number of aryl methyl sites for hydroxylation is 1. The molecule has 6 nitrogen and oxygen atoms in total. The Labute approximate surface area is 190 Å². The molecule has 8 heteroatoms. The van der Waals surface area contributed by atoms with Crippen LogP contribution in [0.1, 0.15) is 23.5 Å². The molecule has 32 heavy (non-hydrogen) atoms. The normalized spacial score (nSPS) is 19.4. The number of carbonyl (C=O) groups excluding carboxylic acids is 1. The summed E-state index contributed by atoms with van der Waals surface area (Å²) in [4.78, 5) is 21.6. The molecule has 1 fully saturated rings. The fourth-order valence-corrected chi connectivity index (χ4v) is 4.03. The third-order valence-corrected chi connectivity index (χ3v) is 5.85. The lowest BCUT2D eigenvalue weighted by Crippen LogP contribution is -2.27. The van der Waals surface area contributed by atoms with Crippen LogP contribution in [0.5, 0.6) is 5.75 Å². The highest BCUT2D eigenvalue weighted by Gasteiger charge is 2.60. The molecule has 2 aromatic carbocycles. The van der Waals surface area contributed by atoms with Crippen molar-refractivity contribution in [2.24, 2.45) is 5.92 Å². The summed E-state index contributed by atoms with van der Waals surface area (Å²) in [6.07, 6.45) is 2.21. The van der Waals surface area contributed by atoms with Crippen molar-refractivity contribution in [3.63, 3.8) is 0 Å². The summed E-state index contributed by atoms with van der Waals surface area (Å²) >= 11 is 6.24. The molecule has 0 bridgehead atoms. The summed E-state index contributed by atoms with van der Waals surface area (Å²) in [5, 5.41) is 3.46. The van der Waals surface area contributed by atoms with E-state index in [0.29, 0.717) is 34.4 Å². The molecule has 2 atom stereocenters. The van der Waals surface area contributed by atoms with E-state index in [1.807, 2.05) is 18.2 Å². The van der Waals surface area contributed by atoms with Crippen LogP contribution >= 0.6 is 11.6 Å². The lowest BCUT2D eigenvalue weighted by molar-refractivity contribution is -0.117. The molecular weight excluding hydrogens is 433 g/mol. The van der Waals surface area contributed by atoms with Crippen LogP contribution in [0.25, 0.3) is 0 Å². The van der Waals surface area contributed by atoms with Crippen molar-refractivity contribution in [1.82, 2.24) is 9.97 Å². The van der Waals surface area contributed by atoms with Crippen LogP contribution in [0, 0.1) is 18.7 Å². The maximum Gasteiger partial charge on any atom is 0.228 e. The second-order valence-electron chi connectivity index (χ2n) is 7.87. The standard InChI is InChI=1S/C24H23ClFN3O3/c1-15-27-12-22(21(28-15)13-31-2)32-14-24(16-4-3-5-17(25)10-16)11-20(24)23(30)29-19-8-6-18(26)7-9-19/h3-10,12,20H,11,13-14H2,1-2H3,(H,29,30). The van der Waals surface area contributed by atoms with Crippen LogP contribution in [-0.4, -0.2) is 29.6 Å². The van der Waals surface area contributed by atoms with E-state index in [4.69, 9.17) is 21.1 Å². The lowest BCUT2D eigenvalue weighted by atomic mass is 9.93. The molecule has 1 aliphatic carbocycles. The minimum atomic E-state index is -0.551. The molecule has 1 amide bonds. The quantitative estimate of drug-likeness (QED) is 0.533. The van der Waals surface area contributed by atoms with E-state index < -0.39 is 5.41 Å². The highest BCUT2D eigenvalue weighted by atomic mass is 35.5. The number of nitrogens with one attached hydrogen (secondary N) is 1. The minimum absolute atomic E-state index is 0.155. The minimum Gasteiger partial charge on any atom is -0.489 e. The monoisotopic (exact) mass is 455 g/mol. The van der Waals surface area contributed by atoms with Crippen molar-refractivity contribution >= 4 is 23.2 Å². The first-order valence-electron chi connectivity index (χ1n) is 10.2. The lowest BCUT2D eigenvalue weighted by Gasteiger charge is -2.20. The van der Waals surface area contributed by atoms with Crippen LogP contribution in [0.3, 0.4) is 0 Å². The zero-order chi connectivity index (χ0) is 22.7. The zero-order valence-corrected chi connectivity index (χ0v) is 18.5. The summed E-state index contributed by atoms with van der Waals surface area (Å²) in [6, 6.07) is 13.1. The molecule has 3 aromatic rings. The van der Waals surface area contributed by atoms with E-state index in [0.717, 1.165) is 5.56 Å². The van der Waals surface area contributed by atoms with Crippen molar-refractivity contribution < 1.29 is 18.7 Å². The number of rotatable bonds is 8. The van der Waals surface area contributed by atoms with Crippen molar-refractivity contribution in [2.75, 3.05) is 19.0 Å². The number of carbonyl (C=O) groups is 1. The van der Waals surface area contributed by atoms with Gasteiger partial charge in [0.2, 0.25) is 5.91 Å². The number of hydrogen-bond donors (Lipinski definition) is 1. The number of amides is 1. The van der Waals surface area contributed by atoms with E-state index >= 15 is 0 Å². The molecule has 0 radical (unpaired) electrons. The molecule has 0 spiro atoms. The Morgan fingerprint density at radius 2 is 2.06 bits per heavy atom. The Balaban J connectivity index is 1.57. The number of benzene rings is 2. The predicted octanol–water partition coefficient (Wildman–Crippen LogP) is 4.70. The Bertz CT molecular complexity index is 1130. The fraction of sp³-hybridized carbons (Fsp3) is 0.292. The number of methoxy groups -OCH3 is 1. The van der Waals surface area contributed by atoms with Crippen LogP contribution < -0.4 is 10.1 Å². The molecule has 2 unspecified atom stereocenters. The van der Waals surface area contributed by atoms with Gasteiger partial charge in [-0.05, 0) is 55.3 Å². The Hall–Kier alpha value is -3.03. The Kier molecular flexibility index (Phi) is 6.39. The number of nitrogens with zero attached hydrogens (tertiary/aromatic N) is 2. The summed E-state index contributed by atoms with van der Waals surface area (Å²) < 4.78 is 24.6. The van der Waals surface area contributed by atoms with Gasteiger partial charge in [-0.3, -0.25) is 4.79 Å². The third-order valence-electron chi connectivity index (χ3n) is 5.62. The molecule has 4 rings (SSSR count). The molecule has 0 saturated heterocycles. The van der Waals surface area contributed by atoms with Gasteiger partial charge in [0, 0.05) is 23.2 Å². The topological polar surface area (TPSA) is 73.3 Å². The Morgan fingerprint density at radius 3 is 2.78 bits per heavy atom. The van der Waals surface area contributed by atoms with Crippen molar-refractivity contribution in [2.45, 2.75) is 25.4 Å². The van der Waals surface area contributed by atoms with Crippen LogP contribution in [0.2, 0.25) is 5.02 Å². The van der Waals surface area contributed by atoms with Gasteiger partial charge in [0.25, 0.3) is 0 Å². The fourth-order valence-electron chi connectivity index (χ4n) is 3.84. The highest BCUT2D eigenvalue weighted by molar-refractivity contribution is 6.30. The number of ether oxygens (including phenoxy) is 2. The molecular formula is C24H23ClFN3O3. The first-order chi connectivity index (χ1) is 15.4. The first-order valence-corrected chi connectivity index (χ1v) is 10.6. The number of halogens is 2. The zero-order valence-electron chi connectivity index (χ0n) is 17.8. The summed E-state index contributed by atoms with van der Waals surface area (Å²) in [6.45, 7) is 2.34. The first kappa shape index (κ1) is 22.2. The maximum absolute atomic E-state index is 13.2. The Morgan fingerprint density at radius 1 is 1.28 bits per heavy atom. The van der Waals surface area contributed by atoms with Gasteiger partial charge < -0.3 is 14.8 Å². The van der Waals surface area contributed by atoms with Crippen molar-refractivity contribution in [3.8, 4) is 5.75 Å². The summed E-state index contributed by atoms with van der Waals surface area (Å²) in [7, 11) is 1.59. The van der Waals surface area contributed by atoms with Gasteiger partial charge in [0.15, 0.2) is 5.75 Å². The van der Waals surface area contributed by atoms with Gasteiger partial charge in [-0.2, -0.15) is 0 Å². The molecule has 1 heterocycles. The average molecular weight is 456 g/mol. The predicted molar refractivity (Wildman–Crippen MR) is 119 cm³/mol. The summed E-state index contributed by atoms with van der Waals surface area (Å²) in [5.74, 6) is 0.296. The molecule has 1 N–H and O–H groups in total. The second-order valence-corrected chi connectivity index (χ2v) is 8.31. The van der Waals surface area contributed by atoms with E-state index in [-0.39, 0.29) is 30.9 Å². The molecule has 0 aliphatic heterocycles. The van der Waals surface area contributed by atoms with E-state index in [1.165, 1.54) is 24.3 Å². The maximum atomic E-state index is 13.2. The van der Waals surface area contributed by atoms with Crippen LogP contribution in [-0.2, 0) is 21.6 Å². The van der Waals surface area contributed by atoms with Gasteiger partial charge in [-0.15, -0.1) is 0 Å². The third kappa shape index (κ3) is 4.74. The van der Waals surface area contributed by atoms with Gasteiger partial charge in [-0.1, -0.05) is 23.7 Å². The van der Waals surface area contributed by atoms with Crippen molar-refractivity contribution in [1.29, 1.82) is 0 Å². The largest absolute Gasteiger partial charge is 0.489 e. The molecule has 166 valence electrons. The van der Waals surface area contributed by atoms with Gasteiger partial charge in [-0.25, -0.2) is 14.4 Å². The van der Waals surface area contributed by atoms with E-state index in [9.17, 15) is 9.18 Å². The van der Waals surface area contributed by atoms with Crippen LogP contribution in [0.15, 0.2) is 54.7 Å².